The molecule has 2 heterocycles. The van der Waals surface area contributed by atoms with Gasteiger partial charge in [-0.25, -0.2) is 4.79 Å². The first kappa shape index (κ1) is 11.7. The molecule has 4 heteroatoms. The van der Waals surface area contributed by atoms with Crippen LogP contribution in [0.25, 0.3) is 0 Å². The molecule has 2 saturated heterocycles. The lowest BCUT2D eigenvalue weighted by atomic mass is 9.79. The summed E-state index contributed by atoms with van der Waals surface area (Å²) >= 11 is 0. The summed E-state index contributed by atoms with van der Waals surface area (Å²) in [5, 5.41) is 0. The third kappa shape index (κ3) is 2.32. The van der Waals surface area contributed by atoms with Crippen LogP contribution in [0.4, 0.5) is 4.79 Å². The van der Waals surface area contributed by atoms with E-state index < -0.39 is 0 Å². The fraction of sp³-hybridized carbons (Fsp3) is 0.917. The Bertz CT molecular complexity index is 290. The predicted octanol–water partition coefficient (Wildman–Crippen LogP) is 1.56. The Morgan fingerprint density at radius 2 is 1.88 bits per heavy atom. The number of hydrogen-bond donors (Lipinski definition) is 0. The van der Waals surface area contributed by atoms with Gasteiger partial charge >= 0.3 is 6.09 Å². The normalized spacial score (nSPS) is 24.6. The van der Waals surface area contributed by atoms with Crippen LogP contribution in [-0.2, 0) is 4.74 Å². The lowest BCUT2D eigenvalue weighted by Gasteiger charge is -2.47. The highest BCUT2D eigenvalue weighted by molar-refractivity contribution is 5.69. The molecule has 2 aliphatic heterocycles. The van der Waals surface area contributed by atoms with Gasteiger partial charge in [0.25, 0.3) is 0 Å². The number of hydrogen-bond acceptors (Lipinski definition) is 3. The first-order valence-electron chi connectivity index (χ1n) is 5.96. The van der Waals surface area contributed by atoms with Gasteiger partial charge < -0.3 is 14.5 Å². The summed E-state index contributed by atoms with van der Waals surface area (Å²) in [6.45, 7) is 9.73. The molecule has 0 aliphatic carbocycles. The monoisotopic (exact) mass is 226 g/mol. The summed E-state index contributed by atoms with van der Waals surface area (Å²) in [5.41, 5.74) is -0.0159. The number of nitrogens with zero attached hydrogens (tertiary/aromatic N) is 2. The fourth-order valence-electron chi connectivity index (χ4n) is 2.64. The van der Waals surface area contributed by atoms with Gasteiger partial charge in [-0.2, -0.15) is 0 Å². The molecule has 0 aromatic heterocycles. The van der Waals surface area contributed by atoms with Crippen molar-refractivity contribution in [1.29, 1.82) is 0 Å². The average Bonchev–Trinajstić information content (AvgIpc) is 2.41. The van der Waals surface area contributed by atoms with Crippen molar-refractivity contribution in [2.45, 2.75) is 32.8 Å². The first-order valence-corrected chi connectivity index (χ1v) is 5.96. The molecule has 4 nitrogen and oxygen atoms in total. The molecule has 92 valence electrons. The molecular formula is C12H22N2O2. The average molecular weight is 226 g/mol. The smallest absolute Gasteiger partial charge is 0.410 e. The number of ether oxygens (including phenoxy) is 1. The summed E-state index contributed by atoms with van der Waals surface area (Å²) in [5.74, 6) is 0. The molecule has 0 atom stereocenters. The molecule has 0 N–H and O–H groups in total. The van der Waals surface area contributed by atoms with Crippen LogP contribution in [0.3, 0.4) is 0 Å². The maximum atomic E-state index is 11.8. The Morgan fingerprint density at radius 3 is 2.31 bits per heavy atom. The Balaban J connectivity index is 1.82. The molecule has 0 saturated carbocycles. The van der Waals surface area contributed by atoms with Crippen molar-refractivity contribution in [2.24, 2.45) is 5.41 Å². The van der Waals surface area contributed by atoms with Gasteiger partial charge in [0.05, 0.1) is 0 Å². The highest BCUT2D eigenvalue weighted by atomic mass is 16.6. The van der Waals surface area contributed by atoms with E-state index in [1.807, 2.05) is 25.7 Å². The van der Waals surface area contributed by atoms with Crippen LogP contribution in [-0.4, -0.2) is 54.7 Å². The Labute approximate surface area is 97.5 Å². The van der Waals surface area contributed by atoms with E-state index >= 15 is 0 Å². The molecule has 0 aromatic rings. The van der Waals surface area contributed by atoms with Crippen molar-refractivity contribution in [3.05, 3.63) is 0 Å². The molecule has 0 bridgehead atoms. The topological polar surface area (TPSA) is 32.8 Å². The van der Waals surface area contributed by atoms with Crippen LogP contribution in [0.2, 0.25) is 0 Å². The maximum absolute atomic E-state index is 11.8. The van der Waals surface area contributed by atoms with Gasteiger partial charge in [-0.05, 0) is 40.8 Å². The molecule has 1 spiro atoms. The molecule has 1 amide bonds. The van der Waals surface area contributed by atoms with Gasteiger partial charge in [-0.3, -0.25) is 0 Å². The molecule has 0 radical (unpaired) electrons. The lowest BCUT2D eigenvalue weighted by Crippen LogP contribution is -2.60. The Morgan fingerprint density at radius 1 is 1.25 bits per heavy atom. The second kappa shape index (κ2) is 3.62. The van der Waals surface area contributed by atoms with Gasteiger partial charge in [-0.15, -0.1) is 0 Å². The van der Waals surface area contributed by atoms with Crippen molar-refractivity contribution in [3.63, 3.8) is 0 Å². The van der Waals surface area contributed by atoms with Gasteiger partial charge in [0, 0.05) is 25.0 Å². The van der Waals surface area contributed by atoms with E-state index in [1.54, 1.807) is 0 Å². The second-order valence-electron chi connectivity index (χ2n) is 6.32. The quantitative estimate of drug-likeness (QED) is 0.628. The summed E-state index contributed by atoms with van der Waals surface area (Å²) in [6, 6.07) is 0. The third-order valence-corrected chi connectivity index (χ3v) is 3.33. The Kier molecular flexibility index (Phi) is 2.65. The van der Waals surface area contributed by atoms with Gasteiger partial charge in [0.2, 0.25) is 0 Å². The van der Waals surface area contributed by atoms with Crippen LogP contribution in [0.5, 0.6) is 0 Å². The molecule has 2 rings (SSSR count). The van der Waals surface area contributed by atoms with E-state index in [2.05, 4.69) is 11.9 Å². The molecule has 0 unspecified atom stereocenters. The number of amides is 1. The molecular weight excluding hydrogens is 204 g/mol. The standard InChI is InChI=1S/C12H22N2O2/c1-11(2,3)16-10(15)14-8-12(9-14)5-6-13(4)7-12/h5-9H2,1-4H3. The summed E-state index contributed by atoms with van der Waals surface area (Å²) in [6.07, 6.45) is 1.05. The van der Waals surface area contributed by atoms with Crippen molar-refractivity contribution in [1.82, 2.24) is 9.80 Å². The van der Waals surface area contributed by atoms with Crippen molar-refractivity contribution >= 4 is 6.09 Å². The van der Waals surface area contributed by atoms with E-state index in [0.717, 1.165) is 26.2 Å². The predicted molar refractivity (Wildman–Crippen MR) is 62.4 cm³/mol. The van der Waals surface area contributed by atoms with E-state index in [-0.39, 0.29) is 11.7 Å². The number of likely N-dealkylation sites (tertiary alicyclic amines) is 2. The van der Waals surface area contributed by atoms with E-state index in [1.165, 1.54) is 6.42 Å². The molecule has 2 fully saturated rings. The zero-order chi connectivity index (χ0) is 12.0. The van der Waals surface area contributed by atoms with E-state index in [4.69, 9.17) is 4.74 Å². The third-order valence-electron chi connectivity index (χ3n) is 3.33. The minimum absolute atomic E-state index is 0.160. The van der Waals surface area contributed by atoms with Crippen molar-refractivity contribution < 1.29 is 9.53 Å². The highest BCUT2D eigenvalue weighted by Gasteiger charge is 2.49. The van der Waals surface area contributed by atoms with Crippen LogP contribution >= 0.6 is 0 Å². The fourth-order valence-corrected chi connectivity index (χ4v) is 2.64. The van der Waals surface area contributed by atoms with Crippen LogP contribution in [0.1, 0.15) is 27.2 Å². The van der Waals surface area contributed by atoms with E-state index in [9.17, 15) is 4.79 Å². The van der Waals surface area contributed by atoms with Gasteiger partial charge in [-0.1, -0.05) is 0 Å². The highest BCUT2D eigenvalue weighted by Crippen LogP contribution is 2.39. The minimum atomic E-state index is -0.383. The maximum Gasteiger partial charge on any atom is 0.410 e. The molecule has 0 aromatic carbocycles. The SMILES string of the molecule is CN1CCC2(C1)CN(C(=O)OC(C)(C)C)C2. The molecule has 2 aliphatic rings. The summed E-state index contributed by atoms with van der Waals surface area (Å²) < 4.78 is 5.34. The van der Waals surface area contributed by atoms with E-state index in [0.29, 0.717) is 5.41 Å². The zero-order valence-electron chi connectivity index (χ0n) is 10.7. The van der Waals surface area contributed by atoms with Gasteiger partial charge in [0.15, 0.2) is 0 Å². The lowest BCUT2D eigenvalue weighted by molar-refractivity contribution is -0.0298. The first-order chi connectivity index (χ1) is 7.30. The Hall–Kier alpha value is -0.770. The van der Waals surface area contributed by atoms with Crippen molar-refractivity contribution in [3.8, 4) is 0 Å². The van der Waals surface area contributed by atoms with Gasteiger partial charge in [0.1, 0.15) is 5.60 Å². The summed E-state index contributed by atoms with van der Waals surface area (Å²) in [4.78, 5) is 15.9. The number of rotatable bonds is 0. The van der Waals surface area contributed by atoms with Crippen LogP contribution < -0.4 is 0 Å². The van der Waals surface area contributed by atoms with Crippen LogP contribution in [0, 0.1) is 5.41 Å². The number of carbonyl (C=O) groups is 1. The van der Waals surface area contributed by atoms with Crippen molar-refractivity contribution in [2.75, 3.05) is 33.2 Å². The minimum Gasteiger partial charge on any atom is -0.444 e. The zero-order valence-corrected chi connectivity index (χ0v) is 10.7. The number of carbonyl (C=O) groups excluding carboxylic acids is 1. The van der Waals surface area contributed by atoms with Crippen LogP contribution in [0.15, 0.2) is 0 Å². The summed E-state index contributed by atoms with van der Waals surface area (Å²) in [7, 11) is 2.14. The second-order valence-corrected chi connectivity index (χ2v) is 6.32. The largest absolute Gasteiger partial charge is 0.444 e. The molecule has 16 heavy (non-hydrogen) atoms.